The quantitative estimate of drug-likeness (QED) is 0.463. The Morgan fingerprint density at radius 1 is 1.00 bits per heavy atom. The van der Waals surface area contributed by atoms with Gasteiger partial charge >= 0.3 is 0 Å². The molecule has 2 rings (SSSR count). The lowest BCUT2D eigenvalue weighted by molar-refractivity contribution is -0.384. The number of hydrogen-bond acceptors (Lipinski definition) is 4. The molecule has 0 saturated heterocycles. The fraction of sp³-hybridized carbons (Fsp3) is 0. The fourth-order valence-corrected chi connectivity index (χ4v) is 1.29. The first-order valence-corrected chi connectivity index (χ1v) is 5.07. The van der Waals surface area contributed by atoms with Gasteiger partial charge in [0, 0.05) is 12.1 Å². The van der Waals surface area contributed by atoms with Crippen LogP contribution in [0.5, 0.6) is 0 Å². The zero-order valence-corrected chi connectivity index (χ0v) is 9.15. The number of nitrogens with zero attached hydrogens (tertiary/aromatic N) is 3. The zero-order valence-electron chi connectivity index (χ0n) is 9.15. The van der Waals surface area contributed by atoms with Crippen molar-refractivity contribution in [1.82, 2.24) is 0 Å². The summed E-state index contributed by atoms with van der Waals surface area (Å²) >= 11 is 0. The van der Waals surface area contributed by atoms with Crippen LogP contribution in [0, 0.1) is 15.9 Å². The molecule has 0 unspecified atom stereocenters. The maximum atomic E-state index is 13.2. The minimum Gasteiger partial charge on any atom is -0.258 e. The van der Waals surface area contributed by atoms with Crippen LogP contribution in [0.1, 0.15) is 0 Å². The monoisotopic (exact) mass is 245 g/mol. The second-order valence-corrected chi connectivity index (χ2v) is 3.42. The van der Waals surface area contributed by atoms with Crippen molar-refractivity contribution in [3.8, 4) is 0 Å². The van der Waals surface area contributed by atoms with Crippen LogP contribution in [0.15, 0.2) is 58.8 Å². The lowest BCUT2D eigenvalue weighted by Crippen LogP contribution is -1.85. The van der Waals surface area contributed by atoms with E-state index >= 15 is 0 Å². The number of nitro benzene ring substituents is 1. The van der Waals surface area contributed by atoms with E-state index in [0.29, 0.717) is 5.69 Å². The SMILES string of the molecule is O=[N+]([O-])c1ccc(N=Nc2ccccc2F)cc1. The van der Waals surface area contributed by atoms with Gasteiger partial charge in [-0.3, -0.25) is 10.1 Å². The van der Waals surface area contributed by atoms with Crippen LogP contribution in [-0.4, -0.2) is 4.92 Å². The van der Waals surface area contributed by atoms with Crippen LogP contribution in [-0.2, 0) is 0 Å². The van der Waals surface area contributed by atoms with E-state index in [0.717, 1.165) is 0 Å². The molecule has 0 aliphatic heterocycles. The summed E-state index contributed by atoms with van der Waals surface area (Å²) in [6.07, 6.45) is 0. The summed E-state index contributed by atoms with van der Waals surface area (Å²) in [4.78, 5) is 9.94. The van der Waals surface area contributed by atoms with Crippen molar-refractivity contribution in [3.63, 3.8) is 0 Å². The largest absolute Gasteiger partial charge is 0.269 e. The highest BCUT2D eigenvalue weighted by molar-refractivity contribution is 5.45. The summed E-state index contributed by atoms with van der Waals surface area (Å²) in [5.41, 5.74) is 0.513. The van der Waals surface area contributed by atoms with Gasteiger partial charge in [0.1, 0.15) is 5.69 Å². The third-order valence-corrected chi connectivity index (χ3v) is 2.19. The number of hydrogen-bond donors (Lipinski definition) is 0. The average Bonchev–Trinajstić information content (AvgIpc) is 2.38. The van der Waals surface area contributed by atoms with E-state index in [1.165, 1.54) is 36.4 Å². The Bertz CT molecular complexity index is 597. The van der Waals surface area contributed by atoms with Crippen molar-refractivity contribution in [2.24, 2.45) is 10.2 Å². The molecule has 0 saturated carbocycles. The van der Waals surface area contributed by atoms with Gasteiger partial charge < -0.3 is 0 Å². The highest BCUT2D eigenvalue weighted by Crippen LogP contribution is 2.22. The van der Waals surface area contributed by atoms with Gasteiger partial charge in [0.05, 0.1) is 10.6 Å². The van der Waals surface area contributed by atoms with Crippen LogP contribution in [0.25, 0.3) is 0 Å². The molecule has 0 amide bonds. The first-order valence-electron chi connectivity index (χ1n) is 5.07. The summed E-state index contributed by atoms with van der Waals surface area (Å²) in [5, 5.41) is 18.0. The Morgan fingerprint density at radius 2 is 1.67 bits per heavy atom. The molecule has 0 aliphatic carbocycles. The minimum atomic E-state index is -0.502. The third kappa shape index (κ3) is 2.73. The average molecular weight is 245 g/mol. The molecule has 0 N–H and O–H groups in total. The van der Waals surface area contributed by atoms with E-state index in [4.69, 9.17) is 0 Å². The first-order chi connectivity index (χ1) is 8.66. The van der Waals surface area contributed by atoms with Gasteiger partial charge in [0.2, 0.25) is 0 Å². The highest BCUT2D eigenvalue weighted by Gasteiger charge is 2.03. The standard InChI is InChI=1S/C12H8FN3O2/c13-11-3-1-2-4-12(11)15-14-9-5-7-10(8-6-9)16(17)18/h1-8H. The van der Waals surface area contributed by atoms with Crippen LogP contribution < -0.4 is 0 Å². The summed E-state index contributed by atoms with van der Waals surface area (Å²) in [6, 6.07) is 11.5. The fourth-order valence-electron chi connectivity index (χ4n) is 1.29. The van der Waals surface area contributed by atoms with Gasteiger partial charge in [0.15, 0.2) is 5.82 Å². The number of benzene rings is 2. The molecule has 2 aromatic rings. The molecule has 0 atom stereocenters. The van der Waals surface area contributed by atoms with Crippen LogP contribution in [0.2, 0.25) is 0 Å². The number of rotatable bonds is 3. The number of nitro groups is 1. The van der Waals surface area contributed by atoms with Crippen molar-refractivity contribution in [2.45, 2.75) is 0 Å². The van der Waals surface area contributed by atoms with Gasteiger partial charge in [0.25, 0.3) is 5.69 Å². The first kappa shape index (κ1) is 11.8. The molecule has 0 aliphatic rings. The molecule has 90 valence electrons. The molecule has 0 fully saturated rings. The maximum Gasteiger partial charge on any atom is 0.269 e. The third-order valence-electron chi connectivity index (χ3n) is 2.19. The summed E-state index contributed by atoms with van der Waals surface area (Å²) in [5.74, 6) is -0.469. The van der Waals surface area contributed by atoms with Crippen molar-refractivity contribution in [1.29, 1.82) is 0 Å². The molecule has 0 heterocycles. The van der Waals surface area contributed by atoms with Gasteiger partial charge in [-0.25, -0.2) is 4.39 Å². The van der Waals surface area contributed by atoms with Gasteiger partial charge in [-0.1, -0.05) is 12.1 Å². The van der Waals surface area contributed by atoms with E-state index in [2.05, 4.69) is 10.2 Å². The van der Waals surface area contributed by atoms with Crippen LogP contribution in [0.4, 0.5) is 21.5 Å². The van der Waals surface area contributed by atoms with Crippen molar-refractivity contribution >= 4 is 17.1 Å². The van der Waals surface area contributed by atoms with Crippen molar-refractivity contribution in [3.05, 3.63) is 64.5 Å². The molecule has 0 radical (unpaired) electrons. The van der Waals surface area contributed by atoms with Crippen molar-refractivity contribution < 1.29 is 9.31 Å². The van der Waals surface area contributed by atoms with E-state index in [-0.39, 0.29) is 11.4 Å². The number of halogens is 1. The van der Waals surface area contributed by atoms with E-state index < -0.39 is 10.7 Å². The zero-order chi connectivity index (χ0) is 13.0. The van der Waals surface area contributed by atoms with Gasteiger partial charge in [-0.2, -0.15) is 5.11 Å². The molecule has 2 aromatic carbocycles. The predicted octanol–water partition coefficient (Wildman–Crippen LogP) is 4.15. The summed E-state index contributed by atoms with van der Waals surface area (Å²) < 4.78 is 13.2. The normalized spacial score (nSPS) is 10.7. The second kappa shape index (κ2) is 5.13. The Hall–Kier alpha value is -2.63. The lowest BCUT2D eigenvalue weighted by Gasteiger charge is -1.95. The Labute approximate surface area is 102 Å². The van der Waals surface area contributed by atoms with Crippen molar-refractivity contribution in [2.75, 3.05) is 0 Å². The topological polar surface area (TPSA) is 67.9 Å². The molecule has 18 heavy (non-hydrogen) atoms. The summed E-state index contributed by atoms with van der Waals surface area (Å²) in [7, 11) is 0. The van der Waals surface area contributed by atoms with E-state index in [1.54, 1.807) is 12.1 Å². The van der Waals surface area contributed by atoms with Gasteiger partial charge in [-0.15, -0.1) is 5.11 Å². The minimum absolute atomic E-state index is 0.0279. The molecule has 0 bridgehead atoms. The van der Waals surface area contributed by atoms with Crippen LogP contribution >= 0.6 is 0 Å². The highest BCUT2D eigenvalue weighted by atomic mass is 19.1. The van der Waals surface area contributed by atoms with Crippen LogP contribution in [0.3, 0.4) is 0 Å². The van der Waals surface area contributed by atoms with Gasteiger partial charge in [-0.05, 0) is 24.3 Å². The Balaban J connectivity index is 2.19. The second-order valence-electron chi connectivity index (χ2n) is 3.42. The number of azo groups is 1. The molecule has 0 spiro atoms. The number of non-ortho nitro benzene ring substituents is 1. The lowest BCUT2D eigenvalue weighted by atomic mass is 10.3. The molecular weight excluding hydrogens is 237 g/mol. The maximum absolute atomic E-state index is 13.2. The molecule has 6 heteroatoms. The predicted molar refractivity (Wildman–Crippen MR) is 63.7 cm³/mol. The molecule has 0 aromatic heterocycles. The Morgan fingerprint density at radius 3 is 2.28 bits per heavy atom. The van der Waals surface area contributed by atoms with E-state index in [9.17, 15) is 14.5 Å². The molecule has 5 nitrogen and oxygen atoms in total. The van der Waals surface area contributed by atoms with E-state index in [1.807, 2.05) is 0 Å². The summed E-state index contributed by atoms with van der Waals surface area (Å²) in [6.45, 7) is 0. The molecular formula is C12H8FN3O2. The Kier molecular flexibility index (Phi) is 3.38. The smallest absolute Gasteiger partial charge is 0.258 e.